The maximum absolute atomic E-state index is 13.0. The van der Waals surface area contributed by atoms with Crippen molar-refractivity contribution in [3.05, 3.63) is 21.8 Å². The van der Waals surface area contributed by atoms with Gasteiger partial charge in [-0.05, 0) is 99.9 Å². The van der Waals surface area contributed by atoms with Crippen molar-refractivity contribution in [1.29, 1.82) is 0 Å². The minimum absolute atomic E-state index is 0.127. The molecule has 5 aliphatic rings. The number of nitrogens with one attached hydrogen (secondary N) is 1. The normalized spacial score (nSPS) is 28.1. The maximum Gasteiger partial charge on any atom is 0.341 e. The summed E-state index contributed by atoms with van der Waals surface area (Å²) in [6.07, 6.45) is 14.6. The molecular weight excluding hydrogens is 504 g/mol. The molecular formula is C28H38N4O3S2. The highest BCUT2D eigenvalue weighted by molar-refractivity contribution is 7.99. The average molecular weight is 543 g/mol. The van der Waals surface area contributed by atoms with Gasteiger partial charge in [-0.3, -0.25) is 4.79 Å². The van der Waals surface area contributed by atoms with E-state index in [1.165, 1.54) is 61.6 Å². The molecule has 7 rings (SSSR count). The lowest BCUT2D eigenvalue weighted by atomic mass is 9.49. The number of carbonyl (C=O) groups excluding carboxylic acids is 2. The monoisotopic (exact) mass is 542 g/mol. The number of thiophene rings is 1. The van der Waals surface area contributed by atoms with Crippen LogP contribution in [0.1, 0.15) is 91.3 Å². The summed E-state index contributed by atoms with van der Waals surface area (Å²) in [6.45, 7) is 2.14. The molecule has 0 saturated heterocycles. The van der Waals surface area contributed by atoms with Crippen molar-refractivity contribution in [3.8, 4) is 0 Å². The largest absolute Gasteiger partial charge is 0.462 e. The zero-order valence-electron chi connectivity index (χ0n) is 22.0. The molecule has 0 radical (unpaired) electrons. The fourth-order valence-electron chi connectivity index (χ4n) is 8.01. The molecule has 0 spiro atoms. The lowest BCUT2D eigenvalue weighted by Crippen LogP contribution is -2.47. The number of carbonyl (C=O) groups is 2. The van der Waals surface area contributed by atoms with E-state index in [4.69, 9.17) is 4.74 Å². The minimum atomic E-state index is -0.326. The number of hydrogen-bond donors (Lipinski definition) is 1. The Morgan fingerprint density at radius 3 is 2.49 bits per heavy atom. The highest BCUT2D eigenvalue weighted by Gasteiger charge is 2.51. The number of rotatable bonds is 8. The van der Waals surface area contributed by atoms with Gasteiger partial charge in [0, 0.05) is 18.3 Å². The number of hydrogen-bond acceptors (Lipinski definition) is 7. The van der Waals surface area contributed by atoms with Crippen LogP contribution in [0.25, 0.3) is 0 Å². The van der Waals surface area contributed by atoms with Gasteiger partial charge >= 0.3 is 5.97 Å². The number of ether oxygens (including phenoxy) is 1. The van der Waals surface area contributed by atoms with Gasteiger partial charge in [-0.1, -0.05) is 18.2 Å². The Hall–Kier alpha value is -1.87. The molecule has 4 saturated carbocycles. The molecule has 200 valence electrons. The molecule has 9 heteroatoms. The van der Waals surface area contributed by atoms with Crippen LogP contribution in [-0.4, -0.2) is 39.0 Å². The molecule has 2 aromatic heterocycles. The van der Waals surface area contributed by atoms with Crippen molar-refractivity contribution in [1.82, 2.24) is 14.8 Å². The predicted molar refractivity (Wildman–Crippen MR) is 146 cm³/mol. The number of aromatic nitrogens is 3. The van der Waals surface area contributed by atoms with Gasteiger partial charge in [-0.15, -0.1) is 21.5 Å². The van der Waals surface area contributed by atoms with Crippen LogP contribution >= 0.6 is 23.1 Å². The zero-order chi connectivity index (χ0) is 25.6. The number of nitrogens with zero attached hydrogens (tertiary/aromatic N) is 3. The van der Waals surface area contributed by atoms with Crippen molar-refractivity contribution in [2.24, 2.45) is 30.2 Å². The Kier molecular flexibility index (Phi) is 7.12. The molecule has 4 fully saturated rings. The zero-order valence-corrected chi connectivity index (χ0v) is 23.6. The Morgan fingerprint density at radius 2 is 1.78 bits per heavy atom. The first-order valence-electron chi connectivity index (χ1n) is 14.1. The summed E-state index contributed by atoms with van der Waals surface area (Å²) in [7, 11) is 2.03. The van der Waals surface area contributed by atoms with E-state index < -0.39 is 0 Å². The van der Waals surface area contributed by atoms with E-state index in [-0.39, 0.29) is 17.6 Å². The van der Waals surface area contributed by atoms with Crippen LogP contribution in [0.4, 0.5) is 5.00 Å². The molecule has 5 aliphatic carbocycles. The molecule has 37 heavy (non-hydrogen) atoms. The average Bonchev–Trinajstić information content (AvgIpc) is 3.26. The summed E-state index contributed by atoms with van der Waals surface area (Å²) in [5.74, 6) is 3.59. The van der Waals surface area contributed by atoms with E-state index in [1.54, 1.807) is 11.3 Å². The molecule has 1 amide bonds. The van der Waals surface area contributed by atoms with Crippen LogP contribution in [0, 0.1) is 23.2 Å². The number of amides is 1. The van der Waals surface area contributed by atoms with Crippen molar-refractivity contribution in [3.63, 3.8) is 0 Å². The summed E-state index contributed by atoms with van der Waals surface area (Å²) < 4.78 is 7.44. The maximum atomic E-state index is 13.0. The number of esters is 1. The summed E-state index contributed by atoms with van der Waals surface area (Å²) in [5, 5.41) is 13.5. The molecule has 2 heterocycles. The number of thioether (sulfide) groups is 1. The molecule has 4 bridgehead atoms. The third-order valence-electron chi connectivity index (χ3n) is 9.11. The van der Waals surface area contributed by atoms with Crippen molar-refractivity contribution >= 4 is 40.0 Å². The lowest BCUT2D eigenvalue weighted by molar-refractivity contribution is -0.113. The fraction of sp³-hybridized carbons (Fsp3) is 0.714. The van der Waals surface area contributed by atoms with Crippen molar-refractivity contribution in [2.75, 3.05) is 17.7 Å². The molecule has 0 aromatic carbocycles. The van der Waals surface area contributed by atoms with Gasteiger partial charge in [0.25, 0.3) is 0 Å². The van der Waals surface area contributed by atoms with Gasteiger partial charge in [0.15, 0.2) is 5.16 Å². The predicted octanol–water partition coefficient (Wildman–Crippen LogP) is 5.81. The summed E-state index contributed by atoms with van der Waals surface area (Å²) in [5.41, 5.74) is 2.06. The third-order valence-corrected chi connectivity index (χ3v) is 11.3. The van der Waals surface area contributed by atoms with E-state index in [9.17, 15) is 9.59 Å². The van der Waals surface area contributed by atoms with Crippen LogP contribution in [0.15, 0.2) is 5.16 Å². The van der Waals surface area contributed by atoms with E-state index in [0.717, 1.165) is 66.4 Å². The van der Waals surface area contributed by atoms with Gasteiger partial charge < -0.3 is 14.6 Å². The SMILES string of the molecule is CCOC(=O)c1c(NC(=O)CSc2nnc(CC34CC5CC(CC(C5)C3)C4)n2C)sc2c1CCCCC2. The number of aryl methyl sites for hydroxylation is 1. The second-order valence-electron chi connectivity index (χ2n) is 11.9. The highest BCUT2D eigenvalue weighted by atomic mass is 32.2. The molecule has 7 nitrogen and oxygen atoms in total. The highest BCUT2D eigenvalue weighted by Crippen LogP contribution is 2.61. The Balaban J connectivity index is 1.11. The fourth-order valence-corrected chi connectivity index (χ4v) is 10.0. The first-order chi connectivity index (χ1) is 17.9. The molecule has 0 atom stereocenters. The topological polar surface area (TPSA) is 86.1 Å². The molecule has 2 aromatic rings. The van der Waals surface area contributed by atoms with Crippen LogP contribution in [0.2, 0.25) is 0 Å². The van der Waals surface area contributed by atoms with Crippen LogP contribution in [0.3, 0.4) is 0 Å². The summed E-state index contributed by atoms with van der Waals surface area (Å²) in [4.78, 5) is 27.0. The standard InChI is InChI=1S/C28H38N4O3S2/c1-3-35-26(34)24-20-7-5-4-6-8-21(20)37-25(24)29-23(33)16-36-27-31-30-22(32(27)2)15-28-12-17-9-18(13-28)11-19(10-17)14-28/h17-19H,3-16H2,1-2H3,(H,29,33). The van der Waals surface area contributed by atoms with Gasteiger partial charge in [0.2, 0.25) is 5.91 Å². The first kappa shape index (κ1) is 25.4. The summed E-state index contributed by atoms with van der Waals surface area (Å²) >= 11 is 2.96. The van der Waals surface area contributed by atoms with E-state index in [0.29, 0.717) is 22.6 Å². The van der Waals surface area contributed by atoms with Crippen LogP contribution in [0.5, 0.6) is 0 Å². The van der Waals surface area contributed by atoms with Crippen molar-refractivity contribution < 1.29 is 14.3 Å². The quantitative estimate of drug-likeness (QED) is 0.257. The first-order valence-corrected chi connectivity index (χ1v) is 15.9. The van der Waals surface area contributed by atoms with Gasteiger partial charge in [-0.25, -0.2) is 4.79 Å². The smallest absolute Gasteiger partial charge is 0.341 e. The van der Waals surface area contributed by atoms with E-state index >= 15 is 0 Å². The van der Waals surface area contributed by atoms with E-state index in [2.05, 4.69) is 20.1 Å². The van der Waals surface area contributed by atoms with Crippen LogP contribution < -0.4 is 5.32 Å². The van der Waals surface area contributed by atoms with E-state index in [1.807, 2.05) is 14.0 Å². The molecule has 1 N–H and O–H groups in total. The lowest BCUT2D eigenvalue weighted by Gasteiger charge is -2.56. The van der Waals surface area contributed by atoms with Gasteiger partial charge in [0.05, 0.1) is 17.9 Å². The third kappa shape index (κ3) is 5.10. The van der Waals surface area contributed by atoms with Crippen molar-refractivity contribution in [2.45, 2.75) is 89.1 Å². The minimum Gasteiger partial charge on any atom is -0.462 e. The number of anilines is 1. The molecule has 0 aliphatic heterocycles. The second kappa shape index (κ2) is 10.4. The van der Waals surface area contributed by atoms with Crippen LogP contribution in [-0.2, 0) is 35.8 Å². The van der Waals surface area contributed by atoms with Gasteiger partial charge in [-0.2, -0.15) is 0 Å². The summed E-state index contributed by atoms with van der Waals surface area (Å²) in [6, 6.07) is 0. The Bertz CT molecular complexity index is 1150. The van der Waals surface area contributed by atoms with Gasteiger partial charge in [0.1, 0.15) is 10.8 Å². The molecule has 0 unspecified atom stereocenters. The Morgan fingerprint density at radius 1 is 1.08 bits per heavy atom. The number of fused-ring (bicyclic) bond motifs is 1. The Labute approximate surface area is 227 Å². The second-order valence-corrected chi connectivity index (χ2v) is 13.9.